The lowest BCUT2D eigenvalue weighted by Gasteiger charge is -2.20. The summed E-state index contributed by atoms with van der Waals surface area (Å²) in [6.45, 7) is 5.30. The normalized spacial score (nSPS) is 11.6. The van der Waals surface area contributed by atoms with E-state index in [1.807, 2.05) is 0 Å². The van der Waals surface area contributed by atoms with Crippen molar-refractivity contribution in [3.05, 3.63) is 27.2 Å². The molecule has 10 heteroatoms. The summed E-state index contributed by atoms with van der Waals surface area (Å²) in [7, 11) is 4.72. The molecule has 154 valence electrons. The fourth-order valence-electron chi connectivity index (χ4n) is 2.77. The number of carbonyl (C=O) groups is 2. The molecule has 0 atom stereocenters. The number of imidazole rings is 1. The van der Waals surface area contributed by atoms with Gasteiger partial charge in [-0.25, -0.2) is 14.3 Å². The Kier molecular flexibility index (Phi) is 6.10. The minimum absolute atomic E-state index is 0.178. The van der Waals surface area contributed by atoms with Crippen molar-refractivity contribution < 1.29 is 14.3 Å². The molecule has 0 radical (unpaired) electrons. The summed E-state index contributed by atoms with van der Waals surface area (Å²) in [6, 6.07) is 0. The number of ether oxygens (including phenoxy) is 1. The number of aryl methyl sites for hydroxylation is 2. The molecule has 2 heterocycles. The van der Waals surface area contributed by atoms with E-state index in [0.717, 1.165) is 4.57 Å². The van der Waals surface area contributed by atoms with Crippen molar-refractivity contribution in [2.75, 3.05) is 13.6 Å². The van der Waals surface area contributed by atoms with E-state index in [4.69, 9.17) is 4.74 Å². The van der Waals surface area contributed by atoms with Gasteiger partial charge in [0.05, 0.1) is 6.33 Å². The summed E-state index contributed by atoms with van der Waals surface area (Å²) in [5.41, 5.74) is -1.19. The van der Waals surface area contributed by atoms with Gasteiger partial charge in [-0.3, -0.25) is 19.0 Å². The largest absolute Gasteiger partial charge is 0.460 e. The molecule has 0 bridgehead atoms. The SMILES string of the molecule is CN(CCCC(=O)OC(C)(C)C)C(=O)Cn1c(=O)c2c(ncn2C)n(C)c1=O. The highest BCUT2D eigenvalue weighted by Crippen LogP contribution is 2.09. The van der Waals surface area contributed by atoms with E-state index in [1.165, 1.54) is 27.4 Å². The Morgan fingerprint density at radius 1 is 1.21 bits per heavy atom. The van der Waals surface area contributed by atoms with Crippen LogP contribution in [0.5, 0.6) is 0 Å². The van der Waals surface area contributed by atoms with Crippen molar-refractivity contribution in [3.8, 4) is 0 Å². The topological polar surface area (TPSA) is 108 Å². The number of esters is 1. The Bertz CT molecular complexity index is 1010. The number of rotatable bonds is 6. The van der Waals surface area contributed by atoms with E-state index in [0.29, 0.717) is 13.0 Å². The van der Waals surface area contributed by atoms with E-state index in [2.05, 4.69) is 4.98 Å². The highest BCUT2D eigenvalue weighted by Gasteiger charge is 2.19. The lowest BCUT2D eigenvalue weighted by atomic mass is 10.2. The van der Waals surface area contributed by atoms with Crippen LogP contribution < -0.4 is 11.2 Å². The van der Waals surface area contributed by atoms with Gasteiger partial charge in [0, 0.05) is 34.1 Å². The summed E-state index contributed by atoms with van der Waals surface area (Å²) in [6.07, 6.45) is 2.04. The molecule has 2 rings (SSSR count). The molecule has 0 aliphatic heterocycles. The molecule has 0 fully saturated rings. The maximum Gasteiger partial charge on any atom is 0.332 e. The van der Waals surface area contributed by atoms with Gasteiger partial charge in [0.25, 0.3) is 5.56 Å². The summed E-state index contributed by atoms with van der Waals surface area (Å²) in [5.74, 6) is -0.731. The first-order valence-corrected chi connectivity index (χ1v) is 8.99. The van der Waals surface area contributed by atoms with Gasteiger partial charge in [-0.15, -0.1) is 0 Å². The lowest BCUT2D eigenvalue weighted by Crippen LogP contribution is -2.44. The molecule has 0 unspecified atom stereocenters. The molecule has 1 amide bonds. The smallest absolute Gasteiger partial charge is 0.332 e. The summed E-state index contributed by atoms with van der Waals surface area (Å²) >= 11 is 0. The average molecular weight is 393 g/mol. The third-order valence-corrected chi connectivity index (χ3v) is 4.21. The molecular formula is C18H27N5O5. The van der Waals surface area contributed by atoms with Crippen LogP contribution in [-0.2, 0) is 35.0 Å². The standard InChI is InChI=1S/C18H27N5O5/c1-18(2,3)28-13(25)8-7-9-20(4)12(24)10-23-16(26)14-15(19-11-21(14)5)22(6)17(23)27/h11H,7-10H2,1-6H3. The second-order valence-corrected chi connectivity index (χ2v) is 7.77. The molecule has 0 spiro atoms. The maximum atomic E-state index is 12.6. The van der Waals surface area contributed by atoms with Gasteiger partial charge in [0.1, 0.15) is 12.1 Å². The first-order valence-electron chi connectivity index (χ1n) is 8.99. The molecule has 10 nitrogen and oxygen atoms in total. The number of likely N-dealkylation sites (N-methyl/N-ethyl adjacent to an activating group) is 1. The number of hydrogen-bond acceptors (Lipinski definition) is 6. The monoisotopic (exact) mass is 393 g/mol. The number of carbonyl (C=O) groups excluding carboxylic acids is 2. The van der Waals surface area contributed by atoms with Crippen LogP contribution in [0.1, 0.15) is 33.6 Å². The highest BCUT2D eigenvalue weighted by atomic mass is 16.6. The molecule has 2 aromatic rings. The van der Waals surface area contributed by atoms with Crippen molar-refractivity contribution in [1.29, 1.82) is 0 Å². The van der Waals surface area contributed by atoms with Gasteiger partial charge in [0.15, 0.2) is 11.2 Å². The Hall–Kier alpha value is -2.91. The summed E-state index contributed by atoms with van der Waals surface area (Å²) in [4.78, 5) is 54.7. The minimum atomic E-state index is -0.605. The van der Waals surface area contributed by atoms with Gasteiger partial charge in [0.2, 0.25) is 5.91 Å². The van der Waals surface area contributed by atoms with E-state index in [-0.39, 0.29) is 30.1 Å². The quantitative estimate of drug-likeness (QED) is 0.640. The molecule has 0 saturated heterocycles. The van der Waals surface area contributed by atoms with E-state index >= 15 is 0 Å². The molecule has 0 aliphatic carbocycles. The van der Waals surface area contributed by atoms with Gasteiger partial charge < -0.3 is 14.2 Å². The third-order valence-electron chi connectivity index (χ3n) is 4.21. The van der Waals surface area contributed by atoms with Gasteiger partial charge in [-0.05, 0) is 27.2 Å². The van der Waals surface area contributed by atoms with Crippen LogP contribution in [-0.4, -0.2) is 54.7 Å². The van der Waals surface area contributed by atoms with E-state index in [1.54, 1.807) is 34.9 Å². The molecule has 0 aromatic carbocycles. The minimum Gasteiger partial charge on any atom is -0.460 e. The van der Waals surface area contributed by atoms with Crippen molar-refractivity contribution in [1.82, 2.24) is 23.6 Å². The Morgan fingerprint density at radius 3 is 2.46 bits per heavy atom. The van der Waals surface area contributed by atoms with E-state index < -0.39 is 22.8 Å². The zero-order valence-electron chi connectivity index (χ0n) is 17.2. The van der Waals surface area contributed by atoms with Crippen LogP contribution in [0.2, 0.25) is 0 Å². The van der Waals surface area contributed by atoms with Gasteiger partial charge in [-0.2, -0.15) is 0 Å². The third kappa shape index (κ3) is 4.68. The predicted octanol–water partition coefficient (Wildman–Crippen LogP) is 0.0140. The Labute approximate surface area is 162 Å². The first-order chi connectivity index (χ1) is 12.9. The van der Waals surface area contributed by atoms with Crippen molar-refractivity contribution in [2.24, 2.45) is 14.1 Å². The van der Waals surface area contributed by atoms with E-state index in [9.17, 15) is 19.2 Å². The van der Waals surface area contributed by atoms with Crippen LogP contribution in [0.3, 0.4) is 0 Å². The zero-order chi connectivity index (χ0) is 21.2. The summed E-state index contributed by atoms with van der Waals surface area (Å²) < 4.78 is 8.88. The van der Waals surface area contributed by atoms with Gasteiger partial charge in [-0.1, -0.05) is 0 Å². The average Bonchev–Trinajstić information content (AvgIpc) is 2.96. The van der Waals surface area contributed by atoms with Crippen LogP contribution >= 0.6 is 0 Å². The fourth-order valence-corrected chi connectivity index (χ4v) is 2.77. The molecule has 2 aromatic heterocycles. The van der Waals surface area contributed by atoms with Gasteiger partial charge >= 0.3 is 11.7 Å². The highest BCUT2D eigenvalue weighted by molar-refractivity contribution is 5.76. The second-order valence-electron chi connectivity index (χ2n) is 7.77. The molecule has 0 aliphatic rings. The van der Waals surface area contributed by atoms with Crippen molar-refractivity contribution >= 4 is 23.0 Å². The fraction of sp³-hybridized carbons (Fsp3) is 0.611. The van der Waals surface area contributed by atoms with Crippen LogP contribution in [0.15, 0.2) is 15.9 Å². The van der Waals surface area contributed by atoms with Crippen LogP contribution in [0.25, 0.3) is 11.2 Å². The Balaban J connectivity index is 2.07. The molecular weight excluding hydrogens is 366 g/mol. The lowest BCUT2D eigenvalue weighted by molar-refractivity contribution is -0.155. The number of amides is 1. The van der Waals surface area contributed by atoms with Crippen LogP contribution in [0, 0.1) is 0 Å². The second kappa shape index (κ2) is 7.99. The number of nitrogens with zero attached hydrogens (tertiary/aromatic N) is 5. The van der Waals surface area contributed by atoms with Crippen molar-refractivity contribution in [3.63, 3.8) is 0 Å². The molecule has 0 N–H and O–H groups in total. The molecule has 0 saturated carbocycles. The first kappa shape index (κ1) is 21.4. The van der Waals surface area contributed by atoms with Crippen LogP contribution in [0.4, 0.5) is 0 Å². The predicted molar refractivity (Wildman–Crippen MR) is 103 cm³/mol. The molecule has 28 heavy (non-hydrogen) atoms. The summed E-state index contributed by atoms with van der Waals surface area (Å²) in [5, 5.41) is 0. The maximum absolute atomic E-state index is 12.6. The number of aromatic nitrogens is 4. The van der Waals surface area contributed by atoms with Crippen molar-refractivity contribution in [2.45, 2.75) is 45.8 Å². The zero-order valence-corrected chi connectivity index (χ0v) is 17.2. The number of fused-ring (bicyclic) bond motifs is 1. The number of hydrogen-bond donors (Lipinski definition) is 0. The Morgan fingerprint density at radius 2 is 1.86 bits per heavy atom.